The van der Waals surface area contributed by atoms with Crippen LogP contribution < -0.4 is 4.90 Å². The predicted molar refractivity (Wildman–Crippen MR) is 111 cm³/mol. The highest BCUT2D eigenvalue weighted by atomic mass is 16.4. The van der Waals surface area contributed by atoms with Gasteiger partial charge >= 0.3 is 5.97 Å². The molecule has 3 rings (SSSR count). The van der Waals surface area contributed by atoms with Crippen molar-refractivity contribution in [3.63, 3.8) is 0 Å². The second-order valence-electron chi connectivity index (χ2n) is 6.85. The van der Waals surface area contributed by atoms with Crippen LogP contribution in [0, 0.1) is 0 Å². The van der Waals surface area contributed by atoms with E-state index >= 15 is 0 Å². The molecule has 2 aromatic rings. The summed E-state index contributed by atoms with van der Waals surface area (Å²) < 4.78 is 0. The summed E-state index contributed by atoms with van der Waals surface area (Å²) in [5.74, 6) is -0.815. The number of carbonyl (C=O) groups is 1. The van der Waals surface area contributed by atoms with E-state index in [1.807, 2.05) is 48.5 Å². The molecule has 27 heavy (non-hydrogen) atoms. The molecule has 4 heteroatoms. The molecule has 1 aliphatic heterocycles. The lowest BCUT2D eigenvalue weighted by atomic mass is 9.94. The van der Waals surface area contributed by atoms with Crippen molar-refractivity contribution in [1.29, 1.82) is 0 Å². The number of anilines is 1. The van der Waals surface area contributed by atoms with E-state index in [1.165, 1.54) is 0 Å². The van der Waals surface area contributed by atoms with Crippen molar-refractivity contribution < 1.29 is 9.90 Å². The summed E-state index contributed by atoms with van der Waals surface area (Å²) in [5, 5.41) is 9.90. The van der Waals surface area contributed by atoms with E-state index in [1.54, 1.807) is 6.08 Å². The van der Waals surface area contributed by atoms with Crippen LogP contribution in [0.2, 0.25) is 0 Å². The van der Waals surface area contributed by atoms with Gasteiger partial charge in [0.1, 0.15) is 6.04 Å². The van der Waals surface area contributed by atoms with Crippen LogP contribution in [-0.4, -0.2) is 41.7 Å². The summed E-state index contributed by atoms with van der Waals surface area (Å²) >= 11 is 0. The molecule has 1 N–H and O–H groups in total. The minimum atomic E-state index is -0.815. The number of para-hydroxylation sites is 1. The second-order valence-corrected chi connectivity index (χ2v) is 6.85. The van der Waals surface area contributed by atoms with E-state index in [9.17, 15) is 9.90 Å². The van der Waals surface area contributed by atoms with Crippen molar-refractivity contribution in [1.82, 2.24) is 4.90 Å². The van der Waals surface area contributed by atoms with Crippen LogP contribution in [0.3, 0.4) is 0 Å². The molecule has 0 bridgehead atoms. The Morgan fingerprint density at radius 3 is 2.41 bits per heavy atom. The largest absolute Gasteiger partial charge is 0.479 e. The molecule has 0 amide bonds. The molecule has 4 nitrogen and oxygen atoms in total. The lowest BCUT2D eigenvalue weighted by Crippen LogP contribution is -2.45. The topological polar surface area (TPSA) is 43.8 Å². The van der Waals surface area contributed by atoms with Gasteiger partial charge in [0, 0.05) is 12.2 Å². The van der Waals surface area contributed by atoms with Crippen molar-refractivity contribution in [2.45, 2.75) is 32.4 Å². The minimum Gasteiger partial charge on any atom is -0.479 e. The predicted octanol–water partition coefficient (Wildman–Crippen LogP) is 4.45. The van der Waals surface area contributed by atoms with Crippen LogP contribution in [0.5, 0.6) is 0 Å². The van der Waals surface area contributed by atoms with Gasteiger partial charge in [0.15, 0.2) is 0 Å². The number of aliphatic carboxylic acids is 1. The molecule has 1 aliphatic rings. The van der Waals surface area contributed by atoms with Gasteiger partial charge in [-0.15, -0.1) is 0 Å². The zero-order valence-electron chi connectivity index (χ0n) is 16.1. The van der Waals surface area contributed by atoms with Gasteiger partial charge < -0.3 is 14.9 Å². The van der Waals surface area contributed by atoms with Gasteiger partial charge in [0.25, 0.3) is 0 Å². The molecular formula is C23H28N2O2. The average Bonchev–Trinajstić information content (AvgIpc) is 2.71. The molecule has 0 saturated carbocycles. The summed E-state index contributed by atoms with van der Waals surface area (Å²) in [7, 11) is 0. The Bertz CT molecular complexity index is 784. The first kappa shape index (κ1) is 19.2. The van der Waals surface area contributed by atoms with E-state index in [2.05, 4.69) is 35.8 Å². The summed E-state index contributed by atoms with van der Waals surface area (Å²) in [6, 6.07) is 17.7. The third kappa shape index (κ3) is 4.22. The van der Waals surface area contributed by atoms with E-state index in [0.717, 1.165) is 42.9 Å². The smallest absolute Gasteiger partial charge is 0.330 e. The normalized spacial score (nSPS) is 17.0. The first-order valence-electron chi connectivity index (χ1n) is 9.71. The maximum absolute atomic E-state index is 12.1. The first-order valence-corrected chi connectivity index (χ1v) is 9.71. The Hall–Kier alpha value is -2.59. The third-order valence-electron chi connectivity index (χ3n) is 5.36. The van der Waals surface area contributed by atoms with Crippen molar-refractivity contribution in [2.24, 2.45) is 0 Å². The standard InChI is InChI=1S/C23H28N2O2/c1-3-24(4-2)17-16-21(18-10-6-5-7-11-18)25-20-13-9-8-12-19(20)14-15-22(25)23(26)27/h5-15,21-22H,3-4,16-17H2,1-2H3,(H,26,27). The fourth-order valence-corrected chi connectivity index (χ4v) is 3.85. The van der Waals surface area contributed by atoms with Gasteiger partial charge in [-0.25, -0.2) is 4.79 Å². The average molecular weight is 364 g/mol. The van der Waals surface area contributed by atoms with Crippen LogP contribution in [0.1, 0.15) is 37.4 Å². The molecule has 2 atom stereocenters. The highest BCUT2D eigenvalue weighted by Gasteiger charge is 2.34. The van der Waals surface area contributed by atoms with Crippen LogP contribution in [0.25, 0.3) is 6.08 Å². The molecule has 0 radical (unpaired) electrons. The molecule has 0 saturated heterocycles. The SMILES string of the molecule is CCN(CC)CCC(c1ccccc1)N1c2ccccc2C=CC1C(=O)O. The number of rotatable bonds is 8. The van der Waals surface area contributed by atoms with E-state index in [4.69, 9.17) is 0 Å². The van der Waals surface area contributed by atoms with Crippen molar-refractivity contribution >= 4 is 17.7 Å². The Labute approximate surface area is 161 Å². The molecule has 1 heterocycles. The molecule has 2 aromatic carbocycles. The summed E-state index contributed by atoms with van der Waals surface area (Å²) in [6.45, 7) is 7.26. The Morgan fingerprint density at radius 1 is 1.07 bits per heavy atom. The Kier molecular flexibility index (Phi) is 6.30. The molecule has 142 valence electrons. The van der Waals surface area contributed by atoms with Crippen LogP contribution in [0.15, 0.2) is 60.7 Å². The number of hydrogen-bond donors (Lipinski definition) is 1. The quantitative estimate of drug-likeness (QED) is 0.752. The fraction of sp³-hybridized carbons (Fsp3) is 0.348. The summed E-state index contributed by atoms with van der Waals surface area (Å²) in [4.78, 5) is 16.5. The lowest BCUT2D eigenvalue weighted by Gasteiger charge is -2.40. The highest BCUT2D eigenvalue weighted by molar-refractivity contribution is 5.87. The van der Waals surface area contributed by atoms with E-state index in [0.29, 0.717) is 0 Å². The molecule has 0 fully saturated rings. The van der Waals surface area contributed by atoms with Crippen LogP contribution in [-0.2, 0) is 4.79 Å². The van der Waals surface area contributed by atoms with Gasteiger partial charge in [-0.05, 0) is 36.7 Å². The number of benzene rings is 2. The molecule has 2 unspecified atom stereocenters. The lowest BCUT2D eigenvalue weighted by molar-refractivity contribution is -0.137. The number of carboxylic acid groups (broad SMARTS) is 1. The zero-order valence-corrected chi connectivity index (χ0v) is 16.1. The third-order valence-corrected chi connectivity index (χ3v) is 5.36. The Morgan fingerprint density at radius 2 is 1.74 bits per heavy atom. The van der Waals surface area contributed by atoms with Gasteiger partial charge in [0.05, 0.1) is 6.04 Å². The maximum Gasteiger partial charge on any atom is 0.330 e. The molecular weight excluding hydrogens is 336 g/mol. The van der Waals surface area contributed by atoms with Crippen molar-refractivity contribution in [2.75, 3.05) is 24.5 Å². The van der Waals surface area contributed by atoms with Crippen molar-refractivity contribution in [3.05, 3.63) is 71.8 Å². The van der Waals surface area contributed by atoms with Gasteiger partial charge in [-0.3, -0.25) is 0 Å². The fourth-order valence-electron chi connectivity index (χ4n) is 3.85. The van der Waals surface area contributed by atoms with E-state index < -0.39 is 12.0 Å². The minimum absolute atomic E-state index is 0.000926. The monoisotopic (exact) mass is 364 g/mol. The second kappa shape index (κ2) is 8.87. The molecule has 0 aliphatic carbocycles. The number of carboxylic acids is 1. The molecule has 0 aromatic heterocycles. The number of nitrogens with zero attached hydrogens (tertiary/aromatic N) is 2. The highest BCUT2D eigenvalue weighted by Crippen LogP contribution is 2.38. The maximum atomic E-state index is 12.1. The van der Waals surface area contributed by atoms with Crippen LogP contribution in [0.4, 0.5) is 5.69 Å². The van der Waals surface area contributed by atoms with Gasteiger partial charge in [-0.2, -0.15) is 0 Å². The van der Waals surface area contributed by atoms with E-state index in [-0.39, 0.29) is 6.04 Å². The number of hydrogen-bond acceptors (Lipinski definition) is 3. The Balaban J connectivity index is 2.02. The van der Waals surface area contributed by atoms with Crippen molar-refractivity contribution in [3.8, 4) is 0 Å². The number of fused-ring (bicyclic) bond motifs is 1. The van der Waals surface area contributed by atoms with Crippen LogP contribution >= 0.6 is 0 Å². The zero-order chi connectivity index (χ0) is 19.2. The first-order chi connectivity index (χ1) is 13.2. The van der Waals surface area contributed by atoms with Gasteiger partial charge in [0.2, 0.25) is 0 Å². The van der Waals surface area contributed by atoms with Gasteiger partial charge in [-0.1, -0.05) is 74.5 Å². The summed E-state index contributed by atoms with van der Waals surface area (Å²) in [6.07, 6.45) is 4.60. The summed E-state index contributed by atoms with van der Waals surface area (Å²) in [5.41, 5.74) is 3.21. The molecule has 0 spiro atoms.